The van der Waals surface area contributed by atoms with Gasteiger partial charge in [-0.2, -0.15) is 0 Å². The van der Waals surface area contributed by atoms with Crippen molar-refractivity contribution in [2.45, 2.75) is 6.42 Å². The molecule has 1 aromatic heterocycles. The molecule has 0 saturated heterocycles. The molecule has 0 atom stereocenters. The summed E-state index contributed by atoms with van der Waals surface area (Å²) in [6, 6.07) is 5.82. The number of rotatable bonds is 5. The number of benzene rings is 1. The van der Waals surface area contributed by atoms with Gasteiger partial charge in [-0.25, -0.2) is 14.2 Å². The van der Waals surface area contributed by atoms with Crippen LogP contribution in [0.15, 0.2) is 41.0 Å². The minimum atomic E-state index is -1.11. The van der Waals surface area contributed by atoms with Gasteiger partial charge in [0, 0.05) is 12.5 Å². The number of carbonyl (C=O) groups excluding carboxylic acids is 2. The number of ketones is 1. The van der Waals surface area contributed by atoms with E-state index in [1.165, 1.54) is 18.3 Å². The van der Waals surface area contributed by atoms with Crippen molar-refractivity contribution in [1.29, 1.82) is 0 Å². The predicted molar refractivity (Wildman–Crippen MR) is 73.3 cm³/mol. The SMILES string of the molecule is COC(=O)C(=O)C=C(O)c1ncc(Cc2ccc(F)cc2)o1. The second-order valence-electron chi connectivity index (χ2n) is 4.32. The molecule has 1 heterocycles. The van der Waals surface area contributed by atoms with Crippen LogP contribution < -0.4 is 0 Å². The van der Waals surface area contributed by atoms with Crippen molar-refractivity contribution in [1.82, 2.24) is 4.98 Å². The van der Waals surface area contributed by atoms with Crippen LogP contribution in [0.2, 0.25) is 0 Å². The molecule has 1 aromatic carbocycles. The molecular formula is C15H12FNO5. The Morgan fingerprint density at radius 1 is 1.36 bits per heavy atom. The van der Waals surface area contributed by atoms with Gasteiger partial charge in [-0.3, -0.25) is 4.79 Å². The van der Waals surface area contributed by atoms with Gasteiger partial charge in [0.05, 0.1) is 13.3 Å². The number of oxazole rings is 1. The Hall–Kier alpha value is -2.96. The molecule has 22 heavy (non-hydrogen) atoms. The van der Waals surface area contributed by atoms with E-state index in [1.54, 1.807) is 12.1 Å². The summed E-state index contributed by atoms with van der Waals surface area (Å²) in [5.41, 5.74) is 0.790. The number of aliphatic hydroxyl groups excluding tert-OH is 1. The summed E-state index contributed by atoms with van der Waals surface area (Å²) in [5, 5.41) is 9.68. The van der Waals surface area contributed by atoms with Gasteiger partial charge in [0.25, 0.3) is 11.7 Å². The van der Waals surface area contributed by atoms with Crippen LogP contribution in [0.3, 0.4) is 0 Å². The van der Waals surface area contributed by atoms with Crippen molar-refractivity contribution < 1.29 is 28.2 Å². The van der Waals surface area contributed by atoms with Gasteiger partial charge in [0.15, 0.2) is 5.76 Å². The third-order valence-corrected chi connectivity index (χ3v) is 2.72. The fourth-order valence-corrected chi connectivity index (χ4v) is 1.66. The van der Waals surface area contributed by atoms with E-state index >= 15 is 0 Å². The number of halogens is 1. The average molecular weight is 305 g/mol. The van der Waals surface area contributed by atoms with E-state index in [9.17, 15) is 19.1 Å². The smallest absolute Gasteiger partial charge is 0.378 e. The first kappa shape index (κ1) is 15.4. The van der Waals surface area contributed by atoms with Gasteiger partial charge >= 0.3 is 5.97 Å². The highest BCUT2D eigenvalue weighted by Gasteiger charge is 2.15. The number of nitrogens with zero attached hydrogens (tertiary/aromatic N) is 1. The Bertz CT molecular complexity index is 718. The summed E-state index contributed by atoms with van der Waals surface area (Å²) in [4.78, 5) is 26.0. The number of aromatic nitrogens is 1. The third-order valence-electron chi connectivity index (χ3n) is 2.72. The Balaban J connectivity index is 2.10. The van der Waals surface area contributed by atoms with Gasteiger partial charge in [-0.05, 0) is 17.7 Å². The van der Waals surface area contributed by atoms with Gasteiger partial charge in [0.1, 0.15) is 11.6 Å². The normalized spacial score (nSPS) is 11.3. The first-order chi connectivity index (χ1) is 10.5. The summed E-state index contributed by atoms with van der Waals surface area (Å²) < 4.78 is 22.3. The molecule has 0 radical (unpaired) electrons. The highest BCUT2D eigenvalue weighted by molar-refractivity contribution is 6.39. The second-order valence-corrected chi connectivity index (χ2v) is 4.32. The topological polar surface area (TPSA) is 89.6 Å². The maximum absolute atomic E-state index is 12.8. The molecule has 7 heteroatoms. The van der Waals surface area contributed by atoms with Crippen molar-refractivity contribution in [3.63, 3.8) is 0 Å². The van der Waals surface area contributed by atoms with Crippen molar-refractivity contribution in [2.24, 2.45) is 0 Å². The minimum Gasteiger partial charge on any atom is -0.503 e. The fourth-order valence-electron chi connectivity index (χ4n) is 1.66. The first-order valence-electron chi connectivity index (χ1n) is 6.22. The molecule has 114 valence electrons. The quantitative estimate of drug-likeness (QED) is 0.393. The monoisotopic (exact) mass is 305 g/mol. The van der Waals surface area contributed by atoms with E-state index in [-0.39, 0.29) is 11.7 Å². The number of ether oxygens (including phenoxy) is 1. The first-order valence-corrected chi connectivity index (χ1v) is 6.22. The number of methoxy groups -OCH3 is 1. The summed E-state index contributed by atoms with van der Waals surface area (Å²) in [7, 11) is 1.05. The second kappa shape index (κ2) is 6.66. The molecule has 2 aromatic rings. The van der Waals surface area contributed by atoms with Crippen LogP contribution in [-0.4, -0.2) is 29.0 Å². The van der Waals surface area contributed by atoms with Gasteiger partial charge in [0.2, 0.25) is 0 Å². The van der Waals surface area contributed by atoms with E-state index < -0.39 is 17.5 Å². The summed E-state index contributed by atoms with van der Waals surface area (Å²) in [6.45, 7) is 0. The summed E-state index contributed by atoms with van der Waals surface area (Å²) in [5.74, 6) is -2.85. The highest BCUT2D eigenvalue weighted by Crippen LogP contribution is 2.16. The molecule has 0 aliphatic rings. The molecule has 6 nitrogen and oxygen atoms in total. The van der Waals surface area contributed by atoms with E-state index in [0.29, 0.717) is 18.3 Å². The number of carbonyl (C=O) groups is 2. The van der Waals surface area contributed by atoms with Gasteiger partial charge in [-0.15, -0.1) is 0 Å². The van der Waals surface area contributed by atoms with Crippen molar-refractivity contribution in [2.75, 3.05) is 7.11 Å². The molecule has 0 bridgehead atoms. The van der Waals surface area contributed by atoms with Gasteiger partial charge < -0.3 is 14.3 Å². The van der Waals surface area contributed by atoms with Crippen molar-refractivity contribution >= 4 is 17.5 Å². The molecule has 1 N–H and O–H groups in total. The average Bonchev–Trinajstić information content (AvgIpc) is 2.97. The number of hydrogen-bond donors (Lipinski definition) is 1. The number of esters is 1. The number of aliphatic hydroxyl groups is 1. The molecule has 0 aliphatic heterocycles. The van der Waals surface area contributed by atoms with Crippen molar-refractivity contribution in [3.05, 3.63) is 59.6 Å². The highest BCUT2D eigenvalue weighted by atomic mass is 19.1. The van der Waals surface area contributed by atoms with Crippen LogP contribution in [0, 0.1) is 5.82 Å². The Kier molecular flexibility index (Phi) is 4.67. The minimum absolute atomic E-state index is 0.200. The van der Waals surface area contributed by atoms with Crippen LogP contribution in [-0.2, 0) is 20.7 Å². The van der Waals surface area contributed by atoms with Crippen LogP contribution in [0.1, 0.15) is 17.2 Å². The lowest BCUT2D eigenvalue weighted by atomic mass is 10.1. The molecule has 0 spiro atoms. The van der Waals surface area contributed by atoms with E-state index in [4.69, 9.17) is 4.42 Å². The lowest BCUT2D eigenvalue weighted by Crippen LogP contribution is -2.13. The van der Waals surface area contributed by atoms with Crippen molar-refractivity contribution in [3.8, 4) is 0 Å². The zero-order valence-corrected chi connectivity index (χ0v) is 11.6. The Labute approximate surface area is 124 Å². The third kappa shape index (κ3) is 3.78. The summed E-state index contributed by atoms with van der Waals surface area (Å²) in [6.07, 6.45) is 2.37. The Morgan fingerprint density at radius 2 is 2.05 bits per heavy atom. The molecule has 0 saturated carbocycles. The largest absolute Gasteiger partial charge is 0.503 e. The number of hydrogen-bond acceptors (Lipinski definition) is 6. The zero-order chi connectivity index (χ0) is 16.1. The fraction of sp³-hybridized carbons (Fsp3) is 0.133. The molecule has 0 fully saturated rings. The molecule has 0 amide bonds. The zero-order valence-electron chi connectivity index (χ0n) is 11.6. The maximum atomic E-state index is 12.8. The van der Waals surface area contributed by atoms with E-state index in [0.717, 1.165) is 12.7 Å². The molecule has 0 unspecified atom stereocenters. The Morgan fingerprint density at radius 3 is 2.68 bits per heavy atom. The predicted octanol–water partition coefficient (Wildman–Crippen LogP) is 2.05. The van der Waals surface area contributed by atoms with E-state index in [1.807, 2.05) is 0 Å². The van der Waals surface area contributed by atoms with Crippen LogP contribution in [0.4, 0.5) is 4.39 Å². The lowest BCUT2D eigenvalue weighted by molar-refractivity contribution is -0.149. The maximum Gasteiger partial charge on any atom is 0.378 e. The van der Waals surface area contributed by atoms with Crippen LogP contribution >= 0.6 is 0 Å². The van der Waals surface area contributed by atoms with E-state index in [2.05, 4.69) is 9.72 Å². The summed E-state index contributed by atoms with van der Waals surface area (Å²) >= 11 is 0. The molecule has 0 aliphatic carbocycles. The van der Waals surface area contributed by atoms with Gasteiger partial charge in [-0.1, -0.05) is 12.1 Å². The van der Waals surface area contributed by atoms with Crippen LogP contribution in [0.25, 0.3) is 5.76 Å². The molecule has 2 rings (SSSR count). The molecular weight excluding hydrogens is 293 g/mol. The standard InChI is InChI=1S/C15H12FNO5/c1-21-15(20)13(19)7-12(18)14-17-8-11(22-14)6-9-2-4-10(16)5-3-9/h2-5,7-8,18H,6H2,1H3. The van der Waals surface area contributed by atoms with Crippen LogP contribution in [0.5, 0.6) is 0 Å². The lowest BCUT2D eigenvalue weighted by Gasteiger charge is -1.98.